The summed E-state index contributed by atoms with van der Waals surface area (Å²) in [4.78, 5) is 73.7. The highest BCUT2D eigenvalue weighted by atomic mass is 16.4. The van der Waals surface area contributed by atoms with Crippen molar-refractivity contribution in [2.75, 3.05) is 6.54 Å². The zero-order valence-corrected chi connectivity index (χ0v) is 24.2. The van der Waals surface area contributed by atoms with Gasteiger partial charge >= 0.3 is 5.97 Å². The van der Waals surface area contributed by atoms with Crippen molar-refractivity contribution in [3.05, 3.63) is 39.7 Å². The lowest BCUT2D eigenvalue weighted by atomic mass is 10.00. The number of carbonyl (C=O) groups excluding carboxylic acids is 4. The number of aliphatic carboxylic acids is 1. The van der Waals surface area contributed by atoms with Crippen molar-refractivity contribution in [3.63, 3.8) is 0 Å². The molecule has 0 saturated heterocycles. The van der Waals surface area contributed by atoms with Gasteiger partial charge in [-0.05, 0) is 42.4 Å². The highest BCUT2D eigenvalue weighted by Gasteiger charge is 2.27. The minimum atomic E-state index is -1.31. The molecule has 0 aliphatic carbocycles. The Hall–Kier alpha value is -4.42. The van der Waals surface area contributed by atoms with Crippen molar-refractivity contribution in [1.29, 1.82) is 0 Å². The van der Waals surface area contributed by atoms with Crippen LogP contribution in [0.1, 0.15) is 63.4 Å². The Kier molecular flexibility index (Phi) is 11.4. The highest BCUT2D eigenvalue weighted by Crippen LogP contribution is 2.27. The molecule has 41 heavy (non-hydrogen) atoms. The number of nitrogens with zero attached hydrogens (tertiary/aromatic N) is 1. The number of fused-ring (bicyclic) bond motifs is 1. The first-order chi connectivity index (χ1) is 19.1. The minimum Gasteiger partial charge on any atom is -0.506 e. The molecule has 0 aliphatic heterocycles. The van der Waals surface area contributed by atoms with E-state index in [0.29, 0.717) is 23.9 Å². The lowest BCUT2D eigenvalue weighted by Gasteiger charge is -2.25. The summed E-state index contributed by atoms with van der Waals surface area (Å²) < 4.78 is 1.16. The van der Waals surface area contributed by atoms with E-state index in [2.05, 4.69) is 21.3 Å². The molecule has 1 aromatic heterocycles. The maximum absolute atomic E-state index is 13.1. The van der Waals surface area contributed by atoms with E-state index >= 15 is 0 Å². The summed E-state index contributed by atoms with van der Waals surface area (Å²) in [6.45, 7) is 8.25. The quantitative estimate of drug-likeness (QED) is 0.202. The Morgan fingerprint density at radius 2 is 1.49 bits per heavy atom. The Labute approximate surface area is 237 Å². The van der Waals surface area contributed by atoms with Gasteiger partial charge in [0.25, 0.3) is 11.5 Å². The Morgan fingerprint density at radius 3 is 2.02 bits per heavy atom. The molecule has 0 bridgehead atoms. The average Bonchev–Trinajstić information content (AvgIpc) is 2.87. The van der Waals surface area contributed by atoms with Gasteiger partial charge in [-0.1, -0.05) is 33.8 Å². The molecule has 0 aliphatic rings. The van der Waals surface area contributed by atoms with Gasteiger partial charge in [-0.2, -0.15) is 0 Å². The van der Waals surface area contributed by atoms with Crippen LogP contribution < -0.4 is 26.8 Å². The van der Waals surface area contributed by atoms with Gasteiger partial charge in [0.1, 0.15) is 29.9 Å². The molecule has 0 fully saturated rings. The number of amides is 4. The molecule has 2 atom stereocenters. The molecule has 2 rings (SSSR count). The smallest absolute Gasteiger partial charge is 0.322 e. The van der Waals surface area contributed by atoms with Gasteiger partial charge in [-0.3, -0.25) is 28.8 Å². The van der Waals surface area contributed by atoms with Gasteiger partial charge in [0.15, 0.2) is 0 Å². The van der Waals surface area contributed by atoms with Crippen LogP contribution in [0.4, 0.5) is 0 Å². The number of nitrogens with one attached hydrogen (secondary N) is 4. The van der Waals surface area contributed by atoms with Crippen molar-refractivity contribution >= 4 is 40.5 Å². The molecule has 1 aromatic carbocycles. The average molecular weight is 574 g/mol. The van der Waals surface area contributed by atoms with Crippen molar-refractivity contribution in [1.82, 2.24) is 25.8 Å². The second-order valence-corrected chi connectivity index (χ2v) is 10.8. The third-order valence-electron chi connectivity index (χ3n) is 6.27. The van der Waals surface area contributed by atoms with E-state index in [4.69, 9.17) is 5.11 Å². The third-order valence-corrected chi connectivity index (χ3v) is 6.27. The maximum atomic E-state index is 13.1. The molecular weight excluding hydrogens is 534 g/mol. The van der Waals surface area contributed by atoms with Crippen molar-refractivity contribution in [2.24, 2.45) is 18.9 Å². The normalized spacial score (nSPS) is 12.6. The van der Waals surface area contributed by atoms with E-state index in [1.54, 1.807) is 12.1 Å². The number of aryl methyl sites for hydroxylation is 1. The zero-order valence-electron chi connectivity index (χ0n) is 24.2. The first-order valence-electron chi connectivity index (χ1n) is 13.3. The first kappa shape index (κ1) is 32.8. The fourth-order valence-electron chi connectivity index (χ4n) is 4.37. The number of hydrogen-bond acceptors (Lipinski definition) is 7. The lowest BCUT2D eigenvalue weighted by molar-refractivity contribution is -0.135. The molecule has 1 heterocycles. The fourth-order valence-corrected chi connectivity index (χ4v) is 4.37. The Morgan fingerprint density at radius 1 is 0.902 bits per heavy atom. The van der Waals surface area contributed by atoms with Crippen LogP contribution in [-0.4, -0.2) is 63.0 Å². The number of aromatic hydroxyl groups is 1. The number of pyridine rings is 1. The number of benzene rings is 1. The first-order valence-corrected chi connectivity index (χ1v) is 13.3. The van der Waals surface area contributed by atoms with Crippen LogP contribution in [0.2, 0.25) is 0 Å². The molecule has 0 saturated carbocycles. The predicted octanol–water partition coefficient (Wildman–Crippen LogP) is 0.756. The van der Waals surface area contributed by atoms with Crippen LogP contribution >= 0.6 is 0 Å². The summed E-state index contributed by atoms with van der Waals surface area (Å²) in [7, 11) is 1.41. The fraction of sp³-hybridized carbons (Fsp3) is 0.500. The summed E-state index contributed by atoms with van der Waals surface area (Å²) in [5.41, 5.74) is -0.558. The van der Waals surface area contributed by atoms with Gasteiger partial charge in [-0.15, -0.1) is 0 Å². The van der Waals surface area contributed by atoms with Crippen molar-refractivity contribution in [3.8, 4) is 5.75 Å². The van der Waals surface area contributed by atoms with Gasteiger partial charge in [-0.25, -0.2) is 0 Å². The predicted molar refractivity (Wildman–Crippen MR) is 151 cm³/mol. The molecule has 13 heteroatoms. The van der Waals surface area contributed by atoms with Crippen LogP contribution in [-0.2, 0) is 32.8 Å². The minimum absolute atomic E-state index is 0.00316. The van der Waals surface area contributed by atoms with Crippen LogP contribution in [0.5, 0.6) is 5.75 Å². The SMILES string of the molecule is CC(=O)N[C@@H](CC(C)C)C(=O)N[C@@H](CC(C)C)C(=O)NCc1ccc2c(c1)c(O)c(C(=O)NCC(=O)O)c(=O)n2C. The second kappa shape index (κ2) is 14.3. The molecule has 0 radical (unpaired) electrons. The molecule has 13 nitrogen and oxygen atoms in total. The number of aromatic nitrogens is 1. The number of carboxylic acid groups (broad SMARTS) is 1. The molecule has 0 spiro atoms. The van der Waals surface area contributed by atoms with E-state index in [0.717, 1.165) is 4.57 Å². The van der Waals surface area contributed by atoms with Crippen molar-refractivity contribution in [2.45, 2.75) is 66.1 Å². The molecular formula is C28H39N5O8. The highest BCUT2D eigenvalue weighted by molar-refractivity contribution is 6.03. The number of carbonyl (C=O) groups is 5. The van der Waals surface area contributed by atoms with Crippen LogP contribution in [0.25, 0.3) is 10.9 Å². The molecule has 6 N–H and O–H groups in total. The summed E-state index contributed by atoms with van der Waals surface area (Å²) >= 11 is 0. The van der Waals surface area contributed by atoms with E-state index in [9.17, 15) is 33.9 Å². The standard InChI is InChI=1S/C28H39N5O8/c1-14(2)9-19(32-26(39)20(10-15(3)4)31-16(5)34)25(38)29-12-17-7-8-21-18(11-17)24(37)23(28(41)33(21)6)27(40)30-13-22(35)36/h7-8,11,14-15,19-20,37H,9-10,12-13H2,1-6H3,(H,29,38)(H,30,40)(H,31,34)(H,32,39)(H,35,36)/t19-,20-/m0/s1. The van der Waals surface area contributed by atoms with Crippen LogP contribution in [0.3, 0.4) is 0 Å². The largest absolute Gasteiger partial charge is 0.506 e. The summed E-state index contributed by atoms with van der Waals surface area (Å²) in [5.74, 6) is -4.02. The molecule has 4 amide bonds. The zero-order chi connectivity index (χ0) is 31.0. The molecule has 0 unspecified atom stereocenters. The monoisotopic (exact) mass is 573 g/mol. The summed E-state index contributed by atoms with van der Waals surface area (Å²) in [6.07, 6.45) is 0.752. The molecule has 224 valence electrons. The van der Waals surface area contributed by atoms with Gasteiger partial charge in [0.2, 0.25) is 17.7 Å². The van der Waals surface area contributed by atoms with E-state index in [-0.39, 0.29) is 29.7 Å². The summed E-state index contributed by atoms with van der Waals surface area (Å²) in [6, 6.07) is 3.03. The van der Waals surface area contributed by atoms with Crippen molar-refractivity contribution < 1.29 is 34.2 Å². The topological polar surface area (TPSA) is 196 Å². The Balaban J connectivity index is 2.29. The number of carboxylic acids is 1. The Bertz CT molecular complexity index is 1380. The number of hydrogen-bond donors (Lipinski definition) is 6. The van der Waals surface area contributed by atoms with E-state index < -0.39 is 59.2 Å². The summed E-state index contributed by atoms with van der Waals surface area (Å²) in [5, 5.41) is 30.0. The van der Waals surface area contributed by atoms with Gasteiger partial charge < -0.3 is 36.0 Å². The maximum Gasteiger partial charge on any atom is 0.322 e. The van der Waals surface area contributed by atoms with Crippen LogP contribution in [0, 0.1) is 11.8 Å². The molecule has 2 aromatic rings. The number of rotatable bonds is 13. The third kappa shape index (κ3) is 9.05. The van der Waals surface area contributed by atoms with Gasteiger partial charge in [0, 0.05) is 25.9 Å². The van der Waals surface area contributed by atoms with Gasteiger partial charge in [0.05, 0.1) is 5.52 Å². The van der Waals surface area contributed by atoms with Crippen LogP contribution in [0.15, 0.2) is 23.0 Å². The van der Waals surface area contributed by atoms with E-state index in [1.807, 2.05) is 27.7 Å². The second-order valence-electron chi connectivity index (χ2n) is 10.8. The lowest BCUT2D eigenvalue weighted by Crippen LogP contribution is -2.54. The van der Waals surface area contributed by atoms with E-state index in [1.165, 1.54) is 20.0 Å².